The zero-order valence-electron chi connectivity index (χ0n) is 14.1. The first-order chi connectivity index (χ1) is 10.1. The smallest absolute Gasteiger partial charge is 0.325 e. The van der Waals surface area contributed by atoms with Gasteiger partial charge in [-0.1, -0.05) is 26.2 Å². The highest BCUT2D eigenvalue weighted by molar-refractivity contribution is 5.80. The largest absolute Gasteiger partial charge is 0.468 e. The van der Waals surface area contributed by atoms with Crippen molar-refractivity contribution in [3.05, 3.63) is 0 Å². The van der Waals surface area contributed by atoms with Crippen molar-refractivity contribution in [1.82, 2.24) is 5.32 Å². The summed E-state index contributed by atoms with van der Waals surface area (Å²) in [5.74, 6) is 0.576. The van der Waals surface area contributed by atoms with Gasteiger partial charge in [0.2, 0.25) is 0 Å². The van der Waals surface area contributed by atoms with E-state index in [1.54, 1.807) is 0 Å². The van der Waals surface area contributed by atoms with E-state index in [-0.39, 0.29) is 5.97 Å². The second-order valence-electron chi connectivity index (χ2n) is 6.43. The third kappa shape index (κ3) is 6.79. The van der Waals surface area contributed by atoms with Crippen LogP contribution in [0.5, 0.6) is 0 Å². The molecular weight excluding hydrogens is 266 g/mol. The third-order valence-electron chi connectivity index (χ3n) is 4.44. The van der Waals surface area contributed by atoms with Gasteiger partial charge >= 0.3 is 5.97 Å². The lowest BCUT2D eigenvalue weighted by Crippen LogP contribution is -2.50. The van der Waals surface area contributed by atoms with Crippen LogP contribution in [0.25, 0.3) is 0 Å². The normalized spacial score (nSPS) is 19.2. The predicted octanol–water partition coefficient (Wildman–Crippen LogP) is 3.29. The van der Waals surface area contributed by atoms with Crippen molar-refractivity contribution < 1.29 is 14.3 Å². The van der Waals surface area contributed by atoms with Crippen LogP contribution < -0.4 is 5.32 Å². The average Bonchev–Trinajstić information content (AvgIpc) is 2.52. The minimum absolute atomic E-state index is 0.178. The van der Waals surface area contributed by atoms with E-state index < -0.39 is 5.54 Å². The Labute approximate surface area is 130 Å². The zero-order chi connectivity index (χ0) is 15.6. The molecule has 21 heavy (non-hydrogen) atoms. The molecule has 0 heterocycles. The Morgan fingerprint density at radius 2 is 2.00 bits per heavy atom. The second-order valence-corrected chi connectivity index (χ2v) is 6.43. The Balaban J connectivity index is 2.21. The summed E-state index contributed by atoms with van der Waals surface area (Å²) in [6.45, 7) is 6.47. The molecule has 1 aliphatic carbocycles. The van der Waals surface area contributed by atoms with Crippen molar-refractivity contribution in [3.63, 3.8) is 0 Å². The summed E-state index contributed by atoms with van der Waals surface area (Å²) < 4.78 is 10.7. The van der Waals surface area contributed by atoms with Crippen LogP contribution in [0.4, 0.5) is 0 Å². The minimum Gasteiger partial charge on any atom is -0.468 e. The van der Waals surface area contributed by atoms with E-state index in [1.165, 1.54) is 39.2 Å². The molecule has 1 fully saturated rings. The molecule has 1 atom stereocenters. The summed E-state index contributed by atoms with van der Waals surface area (Å²) in [5, 5.41) is 3.31. The van der Waals surface area contributed by atoms with Crippen molar-refractivity contribution in [1.29, 1.82) is 0 Å². The van der Waals surface area contributed by atoms with E-state index in [0.29, 0.717) is 0 Å². The maximum atomic E-state index is 11.9. The van der Waals surface area contributed by atoms with Crippen molar-refractivity contribution in [3.8, 4) is 0 Å². The van der Waals surface area contributed by atoms with Crippen LogP contribution in [-0.4, -0.2) is 38.4 Å². The molecule has 0 radical (unpaired) electrons. The van der Waals surface area contributed by atoms with Gasteiger partial charge in [0.05, 0.1) is 7.11 Å². The van der Waals surface area contributed by atoms with Gasteiger partial charge in [-0.2, -0.15) is 0 Å². The van der Waals surface area contributed by atoms with Gasteiger partial charge in [0.15, 0.2) is 0 Å². The summed E-state index contributed by atoms with van der Waals surface area (Å²) in [5.41, 5.74) is -0.584. The number of carbonyl (C=O) groups is 1. The molecule has 0 saturated heterocycles. The predicted molar refractivity (Wildman–Crippen MR) is 85.3 cm³/mol. The number of methoxy groups -OCH3 is 1. The molecule has 4 heteroatoms. The zero-order valence-corrected chi connectivity index (χ0v) is 14.1. The van der Waals surface area contributed by atoms with Gasteiger partial charge in [-0.05, 0) is 51.5 Å². The molecule has 124 valence electrons. The standard InChI is InChI=1S/C17H33NO3/c1-4-12-18-17(2,16(19)20-3)11-8-13-21-14-15-9-6-5-7-10-15/h15,18H,4-14H2,1-3H3. The molecule has 1 saturated carbocycles. The summed E-state index contributed by atoms with van der Waals surface area (Å²) in [6, 6.07) is 0. The van der Waals surface area contributed by atoms with Gasteiger partial charge < -0.3 is 14.8 Å². The van der Waals surface area contributed by atoms with E-state index >= 15 is 0 Å². The summed E-state index contributed by atoms with van der Waals surface area (Å²) in [6.07, 6.45) is 9.38. The number of carbonyl (C=O) groups excluding carboxylic acids is 1. The number of esters is 1. The Kier molecular flexibility index (Phi) is 8.93. The lowest BCUT2D eigenvalue weighted by Gasteiger charge is -2.28. The quantitative estimate of drug-likeness (QED) is 0.497. The number of nitrogens with one attached hydrogen (secondary N) is 1. The van der Waals surface area contributed by atoms with Crippen molar-refractivity contribution >= 4 is 5.97 Å². The molecule has 0 spiro atoms. The Hall–Kier alpha value is -0.610. The van der Waals surface area contributed by atoms with Gasteiger partial charge in [0.25, 0.3) is 0 Å². The molecule has 4 nitrogen and oxygen atoms in total. The van der Waals surface area contributed by atoms with Crippen molar-refractivity contribution in [2.45, 2.75) is 70.8 Å². The second kappa shape index (κ2) is 10.2. The molecule has 1 rings (SSSR count). The molecule has 0 bridgehead atoms. The van der Waals surface area contributed by atoms with Crippen LogP contribution in [-0.2, 0) is 14.3 Å². The molecule has 1 aliphatic rings. The summed E-state index contributed by atoms with van der Waals surface area (Å²) in [7, 11) is 1.45. The van der Waals surface area contributed by atoms with Gasteiger partial charge in [-0.3, -0.25) is 4.79 Å². The van der Waals surface area contributed by atoms with Crippen LogP contribution in [0.15, 0.2) is 0 Å². The number of hydrogen-bond donors (Lipinski definition) is 1. The summed E-state index contributed by atoms with van der Waals surface area (Å²) >= 11 is 0. The van der Waals surface area contributed by atoms with Crippen LogP contribution in [0, 0.1) is 5.92 Å². The third-order valence-corrected chi connectivity index (χ3v) is 4.44. The fourth-order valence-electron chi connectivity index (χ4n) is 3.02. The lowest BCUT2D eigenvalue weighted by atomic mass is 9.90. The Bertz CT molecular complexity index is 290. The molecule has 0 aromatic heterocycles. The first-order valence-electron chi connectivity index (χ1n) is 8.53. The van der Waals surface area contributed by atoms with Crippen molar-refractivity contribution in [2.75, 3.05) is 26.9 Å². The van der Waals surface area contributed by atoms with Gasteiger partial charge in [-0.15, -0.1) is 0 Å². The fraction of sp³-hybridized carbons (Fsp3) is 0.941. The molecule has 1 N–H and O–H groups in total. The number of rotatable bonds is 10. The molecule has 0 aromatic rings. The molecule has 0 aliphatic heterocycles. The Morgan fingerprint density at radius 1 is 1.29 bits per heavy atom. The van der Waals surface area contributed by atoms with Crippen LogP contribution in [0.2, 0.25) is 0 Å². The highest BCUT2D eigenvalue weighted by Gasteiger charge is 2.32. The lowest BCUT2D eigenvalue weighted by molar-refractivity contribution is -0.148. The number of hydrogen-bond acceptors (Lipinski definition) is 4. The first-order valence-corrected chi connectivity index (χ1v) is 8.53. The Morgan fingerprint density at radius 3 is 2.62 bits per heavy atom. The maximum Gasteiger partial charge on any atom is 0.325 e. The van der Waals surface area contributed by atoms with E-state index in [1.807, 2.05) is 6.92 Å². The SMILES string of the molecule is CCCNC(C)(CCCOCC1CCCCC1)C(=O)OC. The van der Waals surface area contributed by atoms with E-state index in [2.05, 4.69) is 12.2 Å². The van der Waals surface area contributed by atoms with Crippen LogP contribution in [0.3, 0.4) is 0 Å². The monoisotopic (exact) mass is 299 g/mol. The van der Waals surface area contributed by atoms with E-state index in [9.17, 15) is 4.79 Å². The van der Waals surface area contributed by atoms with Crippen LogP contribution in [0.1, 0.15) is 65.2 Å². The van der Waals surface area contributed by atoms with Gasteiger partial charge in [-0.25, -0.2) is 0 Å². The first kappa shape index (κ1) is 18.4. The fourth-order valence-corrected chi connectivity index (χ4v) is 3.02. The van der Waals surface area contributed by atoms with E-state index in [0.717, 1.165) is 44.9 Å². The van der Waals surface area contributed by atoms with Gasteiger partial charge in [0.1, 0.15) is 5.54 Å². The molecule has 0 aromatic carbocycles. The van der Waals surface area contributed by atoms with Crippen LogP contribution >= 0.6 is 0 Å². The highest BCUT2D eigenvalue weighted by atomic mass is 16.5. The molecule has 1 unspecified atom stereocenters. The van der Waals surface area contributed by atoms with E-state index in [4.69, 9.17) is 9.47 Å². The number of ether oxygens (including phenoxy) is 2. The maximum absolute atomic E-state index is 11.9. The topological polar surface area (TPSA) is 47.6 Å². The van der Waals surface area contributed by atoms with Gasteiger partial charge in [0, 0.05) is 13.2 Å². The summed E-state index contributed by atoms with van der Waals surface area (Å²) in [4.78, 5) is 11.9. The highest BCUT2D eigenvalue weighted by Crippen LogP contribution is 2.23. The molecular formula is C17H33NO3. The average molecular weight is 299 g/mol. The van der Waals surface area contributed by atoms with Crippen molar-refractivity contribution in [2.24, 2.45) is 5.92 Å². The molecule has 0 amide bonds. The minimum atomic E-state index is -0.584.